The van der Waals surface area contributed by atoms with Crippen LogP contribution < -0.4 is 5.32 Å². The summed E-state index contributed by atoms with van der Waals surface area (Å²) in [6.45, 7) is 7.50. The smallest absolute Gasteiger partial charge is 0.231 e. The lowest BCUT2D eigenvalue weighted by Gasteiger charge is -2.36. The number of amides is 1. The van der Waals surface area contributed by atoms with E-state index in [9.17, 15) is 4.79 Å². The SMILES string of the molecule is CCN(CC)CC#CCNC(=O)C1(c2ccccc2)CCCCC1. The van der Waals surface area contributed by atoms with Crippen molar-refractivity contribution in [1.82, 2.24) is 10.2 Å². The Morgan fingerprint density at radius 3 is 2.38 bits per heavy atom. The largest absolute Gasteiger partial charge is 0.344 e. The van der Waals surface area contributed by atoms with Gasteiger partial charge in [-0.1, -0.05) is 75.3 Å². The van der Waals surface area contributed by atoms with Gasteiger partial charge in [-0.25, -0.2) is 0 Å². The fourth-order valence-corrected chi connectivity index (χ4v) is 3.53. The summed E-state index contributed by atoms with van der Waals surface area (Å²) in [5.74, 6) is 6.40. The van der Waals surface area contributed by atoms with Crippen LogP contribution in [0, 0.1) is 11.8 Å². The van der Waals surface area contributed by atoms with Gasteiger partial charge >= 0.3 is 0 Å². The lowest BCUT2D eigenvalue weighted by Crippen LogP contribution is -2.46. The minimum Gasteiger partial charge on any atom is -0.344 e. The Morgan fingerprint density at radius 1 is 1.08 bits per heavy atom. The van der Waals surface area contributed by atoms with Gasteiger partial charge in [0.1, 0.15) is 0 Å². The van der Waals surface area contributed by atoms with E-state index in [1.165, 1.54) is 6.42 Å². The van der Waals surface area contributed by atoms with Crippen molar-refractivity contribution in [2.45, 2.75) is 51.4 Å². The fraction of sp³-hybridized carbons (Fsp3) is 0.571. The monoisotopic (exact) mass is 326 g/mol. The maximum absolute atomic E-state index is 12.9. The summed E-state index contributed by atoms with van der Waals surface area (Å²) >= 11 is 0. The van der Waals surface area contributed by atoms with Gasteiger partial charge in [0, 0.05) is 0 Å². The highest BCUT2D eigenvalue weighted by Gasteiger charge is 2.40. The van der Waals surface area contributed by atoms with Crippen LogP contribution in [-0.4, -0.2) is 37.0 Å². The standard InChI is InChI=1S/C21H30N2O/c1-3-23(4-2)18-12-11-17-22-20(24)21(15-9-6-10-16-21)19-13-7-5-8-14-19/h5,7-8,13-14H,3-4,6,9-10,15-18H2,1-2H3,(H,22,24). The highest BCUT2D eigenvalue weighted by atomic mass is 16.2. The first-order valence-corrected chi connectivity index (χ1v) is 9.25. The molecule has 2 rings (SSSR count). The van der Waals surface area contributed by atoms with E-state index in [0.29, 0.717) is 6.54 Å². The van der Waals surface area contributed by atoms with Crippen LogP contribution in [0.4, 0.5) is 0 Å². The Kier molecular flexibility index (Phi) is 7.34. The van der Waals surface area contributed by atoms with E-state index in [0.717, 1.165) is 50.9 Å². The summed E-state index contributed by atoms with van der Waals surface area (Å²) in [6, 6.07) is 10.3. The molecule has 1 aliphatic rings. The molecule has 3 heteroatoms. The third kappa shape index (κ3) is 4.61. The van der Waals surface area contributed by atoms with Crippen molar-refractivity contribution in [3.8, 4) is 11.8 Å². The van der Waals surface area contributed by atoms with Crippen LogP contribution in [0.5, 0.6) is 0 Å². The molecule has 1 saturated carbocycles. The molecule has 24 heavy (non-hydrogen) atoms. The molecule has 1 fully saturated rings. The number of benzene rings is 1. The van der Waals surface area contributed by atoms with Gasteiger partial charge in [0.05, 0.1) is 18.5 Å². The Hall–Kier alpha value is -1.79. The average molecular weight is 326 g/mol. The first-order chi connectivity index (χ1) is 11.7. The maximum atomic E-state index is 12.9. The fourth-order valence-electron chi connectivity index (χ4n) is 3.53. The summed E-state index contributed by atoms with van der Waals surface area (Å²) in [5, 5.41) is 3.07. The molecule has 1 aliphatic carbocycles. The van der Waals surface area contributed by atoms with Crippen molar-refractivity contribution >= 4 is 5.91 Å². The second kappa shape index (κ2) is 9.49. The van der Waals surface area contributed by atoms with Crippen molar-refractivity contribution in [3.63, 3.8) is 0 Å². The molecule has 0 bridgehead atoms. The van der Waals surface area contributed by atoms with E-state index in [1.807, 2.05) is 18.2 Å². The first-order valence-electron chi connectivity index (χ1n) is 9.25. The van der Waals surface area contributed by atoms with E-state index in [-0.39, 0.29) is 11.3 Å². The second-order valence-electron chi connectivity index (χ2n) is 6.51. The van der Waals surface area contributed by atoms with Crippen molar-refractivity contribution < 1.29 is 4.79 Å². The quantitative estimate of drug-likeness (QED) is 0.813. The summed E-state index contributed by atoms with van der Waals surface area (Å²) in [5.41, 5.74) is 0.790. The minimum atomic E-state index is -0.361. The van der Waals surface area contributed by atoms with Gasteiger partial charge in [0.25, 0.3) is 0 Å². The van der Waals surface area contributed by atoms with E-state index in [4.69, 9.17) is 0 Å². The molecule has 0 saturated heterocycles. The lowest BCUT2D eigenvalue weighted by atomic mass is 9.68. The van der Waals surface area contributed by atoms with Crippen LogP contribution in [0.25, 0.3) is 0 Å². The third-order valence-electron chi connectivity index (χ3n) is 5.13. The van der Waals surface area contributed by atoms with Gasteiger partial charge in [0.15, 0.2) is 0 Å². The summed E-state index contributed by atoms with van der Waals surface area (Å²) in [6.07, 6.45) is 5.35. The number of carbonyl (C=O) groups excluding carboxylic acids is 1. The summed E-state index contributed by atoms with van der Waals surface area (Å²) < 4.78 is 0. The number of rotatable bonds is 6. The Morgan fingerprint density at radius 2 is 1.75 bits per heavy atom. The van der Waals surface area contributed by atoms with Crippen LogP contribution in [-0.2, 0) is 10.2 Å². The molecule has 0 spiro atoms. The average Bonchev–Trinajstić information content (AvgIpc) is 2.65. The highest BCUT2D eigenvalue weighted by molar-refractivity contribution is 5.88. The van der Waals surface area contributed by atoms with Crippen molar-refractivity contribution in [2.75, 3.05) is 26.2 Å². The van der Waals surface area contributed by atoms with Crippen LogP contribution in [0.2, 0.25) is 0 Å². The van der Waals surface area contributed by atoms with Gasteiger partial charge in [-0.3, -0.25) is 9.69 Å². The van der Waals surface area contributed by atoms with Crippen molar-refractivity contribution in [3.05, 3.63) is 35.9 Å². The van der Waals surface area contributed by atoms with Crippen LogP contribution in [0.15, 0.2) is 30.3 Å². The molecule has 130 valence electrons. The van der Waals surface area contributed by atoms with Crippen LogP contribution in [0.3, 0.4) is 0 Å². The number of nitrogens with one attached hydrogen (secondary N) is 1. The summed E-state index contributed by atoms with van der Waals surface area (Å²) in [7, 11) is 0. The first kappa shape index (κ1) is 18.5. The van der Waals surface area contributed by atoms with Crippen LogP contribution >= 0.6 is 0 Å². The maximum Gasteiger partial charge on any atom is 0.231 e. The minimum absolute atomic E-state index is 0.144. The number of hydrogen-bond donors (Lipinski definition) is 1. The molecular formula is C21H30N2O. The molecule has 0 atom stereocenters. The highest BCUT2D eigenvalue weighted by Crippen LogP contribution is 2.39. The number of hydrogen-bond acceptors (Lipinski definition) is 2. The molecule has 1 aromatic carbocycles. The molecule has 0 aliphatic heterocycles. The molecular weight excluding hydrogens is 296 g/mol. The molecule has 0 radical (unpaired) electrons. The number of nitrogens with zero attached hydrogens (tertiary/aromatic N) is 1. The van der Waals surface area contributed by atoms with Crippen molar-refractivity contribution in [2.24, 2.45) is 0 Å². The van der Waals surface area contributed by atoms with Crippen molar-refractivity contribution in [1.29, 1.82) is 0 Å². The van der Waals surface area contributed by atoms with E-state index in [1.54, 1.807) is 0 Å². The zero-order valence-electron chi connectivity index (χ0n) is 15.1. The normalized spacial score (nSPS) is 16.3. The van der Waals surface area contributed by atoms with Crippen LogP contribution in [0.1, 0.15) is 51.5 Å². The molecule has 0 aromatic heterocycles. The Bertz CT molecular complexity index is 560. The third-order valence-corrected chi connectivity index (χ3v) is 5.13. The molecule has 0 unspecified atom stereocenters. The van der Waals surface area contributed by atoms with E-state index < -0.39 is 0 Å². The zero-order chi connectivity index (χ0) is 17.3. The molecule has 1 N–H and O–H groups in total. The predicted octanol–water partition coefficient (Wildman–Crippen LogP) is 3.35. The molecule has 1 aromatic rings. The van der Waals surface area contributed by atoms with Gasteiger partial charge in [0.2, 0.25) is 5.91 Å². The lowest BCUT2D eigenvalue weighted by molar-refractivity contribution is -0.127. The Balaban J connectivity index is 1.98. The van der Waals surface area contributed by atoms with Gasteiger partial charge in [-0.2, -0.15) is 0 Å². The predicted molar refractivity (Wildman–Crippen MR) is 99.8 cm³/mol. The molecule has 0 heterocycles. The second-order valence-corrected chi connectivity index (χ2v) is 6.51. The Labute approximate surface area is 146 Å². The van der Waals surface area contributed by atoms with Gasteiger partial charge < -0.3 is 5.32 Å². The van der Waals surface area contributed by atoms with E-state index in [2.05, 4.69) is 48.0 Å². The zero-order valence-corrected chi connectivity index (χ0v) is 15.1. The van der Waals surface area contributed by atoms with Gasteiger partial charge in [-0.05, 0) is 31.5 Å². The van der Waals surface area contributed by atoms with E-state index >= 15 is 0 Å². The van der Waals surface area contributed by atoms with Gasteiger partial charge in [-0.15, -0.1) is 0 Å². The molecule has 1 amide bonds. The number of carbonyl (C=O) groups is 1. The molecule has 3 nitrogen and oxygen atoms in total. The summed E-state index contributed by atoms with van der Waals surface area (Å²) in [4.78, 5) is 15.2. The topological polar surface area (TPSA) is 32.3 Å².